The first-order valence-corrected chi connectivity index (χ1v) is 7.15. The zero-order valence-electron chi connectivity index (χ0n) is 12.6. The maximum Gasteiger partial charge on any atom is 0.273 e. The molecule has 0 spiro atoms. The van der Waals surface area contributed by atoms with Gasteiger partial charge in [0.15, 0.2) is 0 Å². The number of H-pyrrole nitrogens is 2. The van der Waals surface area contributed by atoms with E-state index in [1.165, 1.54) is 18.3 Å². The predicted molar refractivity (Wildman–Crippen MR) is 83.5 cm³/mol. The van der Waals surface area contributed by atoms with Crippen LogP contribution in [0.1, 0.15) is 32.5 Å². The van der Waals surface area contributed by atoms with Crippen LogP contribution in [0, 0.1) is 0 Å². The summed E-state index contributed by atoms with van der Waals surface area (Å²) in [6.07, 6.45) is 7.89. The molecule has 24 heavy (non-hydrogen) atoms. The van der Waals surface area contributed by atoms with Crippen LogP contribution in [0.15, 0.2) is 43.1 Å². The van der Waals surface area contributed by atoms with Crippen molar-refractivity contribution in [2.75, 3.05) is 0 Å². The van der Waals surface area contributed by atoms with Crippen LogP contribution in [-0.4, -0.2) is 41.6 Å². The number of primary amides is 1. The van der Waals surface area contributed by atoms with Crippen molar-refractivity contribution in [2.45, 2.75) is 13.1 Å². The Hall–Kier alpha value is -3.49. The maximum absolute atomic E-state index is 12.7. The average Bonchev–Trinajstić information content (AvgIpc) is 3.27. The van der Waals surface area contributed by atoms with Gasteiger partial charge in [0, 0.05) is 31.0 Å². The van der Waals surface area contributed by atoms with E-state index in [1.54, 1.807) is 29.7 Å². The Balaban J connectivity index is 1.82. The largest absolute Gasteiger partial charge is 0.366 e. The number of hydrogen-bond acceptors (Lipinski definition) is 5. The van der Waals surface area contributed by atoms with E-state index in [4.69, 9.17) is 5.73 Å². The number of aromatic amines is 2. The van der Waals surface area contributed by atoms with Crippen LogP contribution < -0.4 is 5.73 Å². The van der Waals surface area contributed by atoms with Crippen LogP contribution in [0.3, 0.4) is 0 Å². The number of nitrogens with two attached hydrogens (primary N) is 1. The topological polar surface area (TPSA) is 134 Å². The second-order valence-electron chi connectivity index (χ2n) is 5.03. The van der Waals surface area contributed by atoms with Gasteiger partial charge in [-0.3, -0.25) is 14.6 Å². The van der Waals surface area contributed by atoms with Crippen molar-refractivity contribution in [3.8, 4) is 0 Å². The maximum atomic E-state index is 12.7. The molecule has 0 aliphatic heterocycles. The monoisotopic (exact) mass is 325 g/mol. The minimum absolute atomic E-state index is 0.207. The van der Waals surface area contributed by atoms with E-state index in [0.717, 1.165) is 0 Å². The highest BCUT2D eigenvalue weighted by Crippen LogP contribution is 2.10. The van der Waals surface area contributed by atoms with Gasteiger partial charge in [-0.05, 0) is 12.1 Å². The van der Waals surface area contributed by atoms with Crippen molar-refractivity contribution in [3.63, 3.8) is 0 Å². The summed E-state index contributed by atoms with van der Waals surface area (Å²) in [5, 5.41) is 0. The quantitative estimate of drug-likeness (QED) is 0.605. The summed E-state index contributed by atoms with van der Waals surface area (Å²) in [4.78, 5) is 43.6. The van der Waals surface area contributed by atoms with E-state index in [9.17, 15) is 9.59 Å². The zero-order chi connectivity index (χ0) is 16.9. The Morgan fingerprint density at radius 1 is 1.00 bits per heavy atom. The van der Waals surface area contributed by atoms with E-state index in [2.05, 4.69) is 24.9 Å². The van der Waals surface area contributed by atoms with Crippen molar-refractivity contribution in [2.24, 2.45) is 5.73 Å². The van der Waals surface area contributed by atoms with Crippen molar-refractivity contribution in [3.05, 3.63) is 66.0 Å². The highest BCUT2D eigenvalue weighted by Gasteiger charge is 2.20. The molecule has 3 aromatic rings. The van der Waals surface area contributed by atoms with Gasteiger partial charge < -0.3 is 20.6 Å². The summed E-state index contributed by atoms with van der Waals surface area (Å²) in [5.41, 5.74) is 5.63. The third kappa shape index (κ3) is 3.46. The van der Waals surface area contributed by atoms with Crippen molar-refractivity contribution in [1.82, 2.24) is 29.8 Å². The van der Waals surface area contributed by atoms with Crippen molar-refractivity contribution < 1.29 is 9.59 Å². The smallest absolute Gasteiger partial charge is 0.273 e. The van der Waals surface area contributed by atoms with Gasteiger partial charge in [0.05, 0.1) is 18.7 Å². The molecular formula is C15H15N7O2. The highest BCUT2D eigenvalue weighted by molar-refractivity contribution is 5.95. The third-order valence-corrected chi connectivity index (χ3v) is 3.35. The van der Waals surface area contributed by atoms with Crippen molar-refractivity contribution >= 4 is 11.8 Å². The Morgan fingerprint density at radius 2 is 1.62 bits per heavy atom. The number of hydrogen-bond donors (Lipinski definition) is 3. The Labute approximate surface area is 137 Å². The molecule has 0 bridgehead atoms. The average molecular weight is 325 g/mol. The fraction of sp³-hybridized carbons (Fsp3) is 0.133. The molecule has 122 valence electrons. The lowest BCUT2D eigenvalue weighted by Gasteiger charge is -2.20. The summed E-state index contributed by atoms with van der Waals surface area (Å²) in [7, 11) is 0. The number of rotatable bonds is 6. The minimum atomic E-state index is -0.593. The predicted octanol–water partition coefficient (Wildman–Crippen LogP) is 0.469. The number of carbonyl (C=O) groups excluding carboxylic acids is 2. The number of pyridine rings is 1. The molecule has 3 aromatic heterocycles. The molecule has 9 nitrogen and oxygen atoms in total. The zero-order valence-corrected chi connectivity index (χ0v) is 12.6. The molecule has 0 saturated heterocycles. The van der Waals surface area contributed by atoms with E-state index < -0.39 is 5.91 Å². The molecule has 0 aliphatic rings. The first-order valence-electron chi connectivity index (χ1n) is 7.15. The van der Waals surface area contributed by atoms with Gasteiger partial charge >= 0.3 is 0 Å². The molecule has 0 radical (unpaired) electrons. The lowest BCUT2D eigenvalue weighted by molar-refractivity contribution is 0.0715. The number of imidazole rings is 2. The normalized spacial score (nSPS) is 10.5. The lowest BCUT2D eigenvalue weighted by atomic mass is 10.2. The number of carbonyl (C=O) groups is 2. The van der Waals surface area contributed by atoms with Crippen LogP contribution >= 0.6 is 0 Å². The Bertz CT molecular complexity index is 774. The van der Waals surface area contributed by atoms with Gasteiger partial charge in [-0.1, -0.05) is 0 Å². The number of nitrogens with zero attached hydrogens (tertiary/aromatic N) is 4. The van der Waals surface area contributed by atoms with Gasteiger partial charge in [-0.15, -0.1) is 0 Å². The third-order valence-electron chi connectivity index (χ3n) is 3.35. The van der Waals surface area contributed by atoms with E-state index in [-0.39, 0.29) is 30.3 Å². The van der Waals surface area contributed by atoms with Crippen LogP contribution in [0.2, 0.25) is 0 Å². The molecule has 0 saturated carbocycles. The molecular weight excluding hydrogens is 310 g/mol. The van der Waals surface area contributed by atoms with Crippen molar-refractivity contribution in [1.29, 1.82) is 0 Å². The second kappa shape index (κ2) is 6.73. The molecule has 4 N–H and O–H groups in total. The SMILES string of the molecule is NC(=O)c1ccc(C(=O)N(Cc2ncc[nH]2)Cc2ncc[nH]2)nc1. The number of nitrogens with one attached hydrogen (secondary N) is 2. The second-order valence-corrected chi connectivity index (χ2v) is 5.03. The molecule has 3 heterocycles. The fourth-order valence-electron chi connectivity index (χ4n) is 2.16. The Kier molecular flexibility index (Phi) is 4.32. The van der Waals surface area contributed by atoms with Gasteiger partial charge in [0.25, 0.3) is 5.91 Å². The molecule has 2 amide bonds. The molecule has 0 aliphatic carbocycles. The van der Waals surface area contributed by atoms with E-state index >= 15 is 0 Å². The fourth-order valence-corrected chi connectivity index (χ4v) is 2.16. The first-order chi connectivity index (χ1) is 11.6. The lowest BCUT2D eigenvalue weighted by Crippen LogP contribution is -2.31. The van der Waals surface area contributed by atoms with Gasteiger partial charge in [0.1, 0.15) is 17.3 Å². The molecule has 0 atom stereocenters. The van der Waals surface area contributed by atoms with Crippen LogP contribution in [0.25, 0.3) is 0 Å². The summed E-state index contributed by atoms with van der Waals surface area (Å²) >= 11 is 0. The van der Waals surface area contributed by atoms with Gasteiger partial charge in [0.2, 0.25) is 5.91 Å². The Morgan fingerprint density at radius 3 is 2.04 bits per heavy atom. The van der Waals surface area contributed by atoms with E-state index in [0.29, 0.717) is 11.6 Å². The summed E-state index contributed by atoms with van der Waals surface area (Å²) in [6.45, 7) is 0.539. The molecule has 0 unspecified atom stereocenters. The van der Waals surface area contributed by atoms with Gasteiger partial charge in [-0.25, -0.2) is 9.97 Å². The minimum Gasteiger partial charge on any atom is -0.366 e. The summed E-state index contributed by atoms with van der Waals surface area (Å²) in [6, 6.07) is 2.94. The molecule has 0 aromatic carbocycles. The number of amides is 2. The van der Waals surface area contributed by atoms with E-state index in [1.807, 2.05) is 0 Å². The highest BCUT2D eigenvalue weighted by atomic mass is 16.2. The summed E-state index contributed by atoms with van der Waals surface area (Å²) < 4.78 is 0. The summed E-state index contributed by atoms with van der Waals surface area (Å²) in [5.74, 6) is 0.385. The molecule has 9 heteroatoms. The standard InChI is InChI=1S/C15H15N7O2/c16-14(23)10-1-2-11(21-7-10)15(24)22(8-12-17-3-4-18-12)9-13-19-5-6-20-13/h1-7H,8-9H2,(H2,16,23)(H,17,18)(H,19,20). The molecule has 0 fully saturated rings. The van der Waals surface area contributed by atoms with Gasteiger partial charge in [-0.2, -0.15) is 0 Å². The number of aromatic nitrogens is 5. The van der Waals surface area contributed by atoms with Crippen LogP contribution in [-0.2, 0) is 13.1 Å². The van der Waals surface area contributed by atoms with Crippen LogP contribution in [0.4, 0.5) is 0 Å². The molecule has 3 rings (SSSR count). The first kappa shape index (κ1) is 15.4. The van der Waals surface area contributed by atoms with Crippen LogP contribution in [0.5, 0.6) is 0 Å².